The van der Waals surface area contributed by atoms with Gasteiger partial charge < -0.3 is 16.0 Å². The van der Waals surface area contributed by atoms with Gasteiger partial charge in [-0.05, 0) is 18.9 Å². The SMILES string of the molecule is Nc1nccc(N2CCCC3C(=O)NCC32)n1. The second kappa shape index (κ2) is 3.87. The van der Waals surface area contributed by atoms with E-state index in [4.69, 9.17) is 5.73 Å². The monoisotopic (exact) mass is 233 g/mol. The fraction of sp³-hybridized carbons (Fsp3) is 0.545. The van der Waals surface area contributed by atoms with Crippen molar-refractivity contribution in [3.05, 3.63) is 12.3 Å². The summed E-state index contributed by atoms with van der Waals surface area (Å²) in [5, 5.41) is 2.92. The summed E-state index contributed by atoms with van der Waals surface area (Å²) in [6.45, 7) is 1.62. The summed E-state index contributed by atoms with van der Waals surface area (Å²) in [5.74, 6) is 1.37. The molecule has 0 aliphatic carbocycles. The summed E-state index contributed by atoms with van der Waals surface area (Å²) < 4.78 is 0. The third-order valence-corrected chi connectivity index (χ3v) is 3.55. The summed E-state index contributed by atoms with van der Waals surface area (Å²) in [6, 6.07) is 2.06. The lowest BCUT2D eigenvalue weighted by atomic mass is 9.91. The third kappa shape index (κ3) is 1.69. The first-order chi connectivity index (χ1) is 8.25. The number of amides is 1. The van der Waals surface area contributed by atoms with Crippen LogP contribution in [0, 0.1) is 5.92 Å². The maximum Gasteiger partial charge on any atom is 0.225 e. The highest BCUT2D eigenvalue weighted by molar-refractivity contribution is 5.83. The van der Waals surface area contributed by atoms with E-state index in [9.17, 15) is 4.79 Å². The highest BCUT2D eigenvalue weighted by atomic mass is 16.2. The first-order valence-electron chi connectivity index (χ1n) is 5.88. The number of anilines is 2. The van der Waals surface area contributed by atoms with Crippen molar-refractivity contribution >= 4 is 17.7 Å². The van der Waals surface area contributed by atoms with E-state index in [-0.39, 0.29) is 23.8 Å². The topological polar surface area (TPSA) is 84.1 Å². The zero-order valence-electron chi connectivity index (χ0n) is 9.47. The summed E-state index contributed by atoms with van der Waals surface area (Å²) in [6.07, 6.45) is 3.64. The number of nitrogens with zero attached hydrogens (tertiary/aromatic N) is 3. The van der Waals surface area contributed by atoms with Gasteiger partial charge in [-0.15, -0.1) is 0 Å². The Morgan fingerprint density at radius 2 is 2.41 bits per heavy atom. The number of carbonyl (C=O) groups is 1. The molecule has 3 rings (SSSR count). The number of rotatable bonds is 1. The van der Waals surface area contributed by atoms with Crippen LogP contribution in [0.25, 0.3) is 0 Å². The zero-order chi connectivity index (χ0) is 11.8. The lowest BCUT2D eigenvalue weighted by Crippen LogP contribution is -2.46. The van der Waals surface area contributed by atoms with Crippen molar-refractivity contribution < 1.29 is 4.79 Å². The van der Waals surface area contributed by atoms with Crippen molar-refractivity contribution in [2.75, 3.05) is 23.7 Å². The summed E-state index contributed by atoms with van der Waals surface area (Å²) in [7, 11) is 0. The van der Waals surface area contributed by atoms with Crippen LogP contribution in [0.2, 0.25) is 0 Å². The first kappa shape index (κ1) is 10.3. The average Bonchev–Trinajstić information content (AvgIpc) is 2.71. The zero-order valence-corrected chi connectivity index (χ0v) is 9.47. The molecule has 17 heavy (non-hydrogen) atoms. The van der Waals surface area contributed by atoms with Gasteiger partial charge in [0, 0.05) is 19.3 Å². The molecule has 0 saturated carbocycles. The molecule has 2 saturated heterocycles. The van der Waals surface area contributed by atoms with Crippen LogP contribution in [0.15, 0.2) is 12.3 Å². The third-order valence-electron chi connectivity index (χ3n) is 3.55. The average molecular weight is 233 g/mol. The Morgan fingerprint density at radius 3 is 3.24 bits per heavy atom. The van der Waals surface area contributed by atoms with Gasteiger partial charge in [-0.1, -0.05) is 0 Å². The van der Waals surface area contributed by atoms with Gasteiger partial charge >= 0.3 is 0 Å². The Morgan fingerprint density at radius 1 is 1.53 bits per heavy atom. The van der Waals surface area contributed by atoms with E-state index in [0.717, 1.165) is 25.2 Å². The maximum absolute atomic E-state index is 11.7. The predicted molar refractivity (Wildman–Crippen MR) is 63.3 cm³/mol. The molecule has 2 aliphatic heterocycles. The molecule has 1 amide bonds. The molecule has 2 aliphatic rings. The van der Waals surface area contributed by atoms with Crippen molar-refractivity contribution in [1.29, 1.82) is 0 Å². The molecule has 6 nitrogen and oxygen atoms in total. The minimum Gasteiger partial charge on any atom is -0.368 e. The van der Waals surface area contributed by atoms with Gasteiger partial charge in [-0.25, -0.2) is 4.98 Å². The van der Waals surface area contributed by atoms with Gasteiger partial charge in [0.15, 0.2) is 0 Å². The van der Waals surface area contributed by atoms with Crippen molar-refractivity contribution in [3.8, 4) is 0 Å². The van der Waals surface area contributed by atoms with Gasteiger partial charge in [0.2, 0.25) is 11.9 Å². The highest BCUT2D eigenvalue weighted by Gasteiger charge is 2.41. The standard InChI is InChI=1S/C11H15N5O/c12-11-13-4-3-9(15-11)16-5-1-2-7-8(16)6-14-10(7)17/h3-4,7-8H,1-2,5-6H2,(H,14,17)(H2,12,13,15). The van der Waals surface area contributed by atoms with E-state index in [0.29, 0.717) is 6.54 Å². The minimum atomic E-state index is 0.0972. The molecule has 3 heterocycles. The largest absolute Gasteiger partial charge is 0.368 e. The lowest BCUT2D eigenvalue weighted by molar-refractivity contribution is -0.122. The van der Waals surface area contributed by atoms with E-state index >= 15 is 0 Å². The molecule has 2 unspecified atom stereocenters. The summed E-state index contributed by atoms with van der Waals surface area (Å²) >= 11 is 0. The fourth-order valence-electron chi connectivity index (χ4n) is 2.76. The molecule has 6 heteroatoms. The van der Waals surface area contributed by atoms with E-state index in [1.54, 1.807) is 6.20 Å². The van der Waals surface area contributed by atoms with Crippen LogP contribution in [-0.2, 0) is 4.79 Å². The van der Waals surface area contributed by atoms with E-state index in [1.807, 2.05) is 6.07 Å². The Kier molecular flexibility index (Phi) is 2.35. The van der Waals surface area contributed by atoms with Gasteiger partial charge in [0.05, 0.1) is 12.0 Å². The van der Waals surface area contributed by atoms with Crippen LogP contribution in [0.4, 0.5) is 11.8 Å². The highest BCUT2D eigenvalue weighted by Crippen LogP contribution is 2.30. The second-order valence-electron chi connectivity index (χ2n) is 4.53. The van der Waals surface area contributed by atoms with Crippen LogP contribution >= 0.6 is 0 Å². The number of hydrogen-bond donors (Lipinski definition) is 2. The molecule has 3 N–H and O–H groups in total. The normalized spacial score (nSPS) is 27.8. The number of aromatic nitrogens is 2. The van der Waals surface area contributed by atoms with Crippen LogP contribution < -0.4 is 16.0 Å². The Bertz CT molecular complexity index is 449. The molecule has 0 aromatic carbocycles. The summed E-state index contributed by atoms with van der Waals surface area (Å²) in [4.78, 5) is 22.0. The smallest absolute Gasteiger partial charge is 0.225 e. The molecule has 90 valence electrons. The van der Waals surface area contributed by atoms with Crippen molar-refractivity contribution in [2.24, 2.45) is 5.92 Å². The van der Waals surface area contributed by atoms with Gasteiger partial charge in [0.1, 0.15) is 5.82 Å². The number of nitrogens with two attached hydrogens (primary N) is 1. The molecule has 1 aromatic rings. The van der Waals surface area contributed by atoms with Crippen molar-refractivity contribution in [1.82, 2.24) is 15.3 Å². The quantitative estimate of drug-likeness (QED) is 0.700. The Labute approximate surface area is 99.2 Å². The Balaban J connectivity index is 1.90. The number of nitrogens with one attached hydrogen (secondary N) is 1. The van der Waals surface area contributed by atoms with Crippen LogP contribution in [-0.4, -0.2) is 35.0 Å². The van der Waals surface area contributed by atoms with Crippen LogP contribution in [0.3, 0.4) is 0 Å². The predicted octanol–water partition coefficient (Wildman–Crippen LogP) is -0.226. The van der Waals surface area contributed by atoms with Gasteiger partial charge in [0.25, 0.3) is 0 Å². The number of fused-ring (bicyclic) bond motifs is 1. The molecule has 2 atom stereocenters. The molecular weight excluding hydrogens is 218 g/mol. The minimum absolute atomic E-state index is 0.0972. The number of carbonyl (C=O) groups excluding carboxylic acids is 1. The van der Waals surface area contributed by atoms with Crippen molar-refractivity contribution in [2.45, 2.75) is 18.9 Å². The Hall–Kier alpha value is -1.85. The number of nitrogen functional groups attached to an aromatic ring is 1. The van der Waals surface area contributed by atoms with Crippen LogP contribution in [0.1, 0.15) is 12.8 Å². The second-order valence-corrected chi connectivity index (χ2v) is 4.53. The lowest BCUT2D eigenvalue weighted by Gasteiger charge is -2.36. The molecule has 1 aromatic heterocycles. The van der Waals surface area contributed by atoms with Crippen molar-refractivity contribution in [3.63, 3.8) is 0 Å². The van der Waals surface area contributed by atoms with Gasteiger partial charge in [-0.3, -0.25) is 4.79 Å². The molecule has 0 bridgehead atoms. The molecule has 2 fully saturated rings. The van der Waals surface area contributed by atoms with E-state index < -0.39 is 0 Å². The number of hydrogen-bond acceptors (Lipinski definition) is 5. The fourth-order valence-corrected chi connectivity index (χ4v) is 2.76. The van der Waals surface area contributed by atoms with E-state index in [1.165, 1.54) is 0 Å². The maximum atomic E-state index is 11.7. The molecular formula is C11H15N5O. The van der Waals surface area contributed by atoms with Gasteiger partial charge in [-0.2, -0.15) is 4.98 Å². The first-order valence-corrected chi connectivity index (χ1v) is 5.88. The molecule has 0 spiro atoms. The summed E-state index contributed by atoms with van der Waals surface area (Å²) in [5.41, 5.74) is 5.60. The molecule has 0 radical (unpaired) electrons. The van der Waals surface area contributed by atoms with Crippen LogP contribution in [0.5, 0.6) is 0 Å². The number of piperidine rings is 1. The van der Waals surface area contributed by atoms with E-state index in [2.05, 4.69) is 20.2 Å².